The summed E-state index contributed by atoms with van der Waals surface area (Å²) < 4.78 is 35.4. The zero-order chi connectivity index (χ0) is 12.2. The first kappa shape index (κ1) is 13.3. The van der Waals surface area contributed by atoms with Crippen molar-refractivity contribution < 1.29 is 18.0 Å². The predicted octanol–water partition coefficient (Wildman–Crippen LogP) is 1.59. The first-order valence-corrected chi connectivity index (χ1v) is 5.39. The van der Waals surface area contributed by atoms with Crippen molar-refractivity contribution in [3.8, 4) is 0 Å². The van der Waals surface area contributed by atoms with Crippen LogP contribution < -0.4 is 10.6 Å². The molecule has 16 heavy (non-hydrogen) atoms. The SMILES string of the molecule is CC1(NCC(=O)NCC(F)(F)F)CCCC1. The molecule has 6 heteroatoms. The second kappa shape index (κ2) is 5.03. The van der Waals surface area contributed by atoms with Gasteiger partial charge in [0.1, 0.15) is 6.54 Å². The summed E-state index contributed by atoms with van der Waals surface area (Å²) in [6.45, 7) is 0.688. The Morgan fingerprint density at radius 2 is 1.88 bits per heavy atom. The highest BCUT2D eigenvalue weighted by molar-refractivity contribution is 5.78. The fourth-order valence-corrected chi connectivity index (χ4v) is 1.89. The minimum atomic E-state index is -4.34. The molecule has 3 nitrogen and oxygen atoms in total. The van der Waals surface area contributed by atoms with Crippen molar-refractivity contribution in [1.82, 2.24) is 10.6 Å². The number of carbonyl (C=O) groups excluding carboxylic acids is 1. The Balaban J connectivity index is 2.20. The third-order valence-electron chi connectivity index (χ3n) is 2.87. The highest BCUT2D eigenvalue weighted by Crippen LogP contribution is 2.28. The van der Waals surface area contributed by atoms with Crippen LogP contribution in [-0.4, -0.2) is 30.7 Å². The van der Waals surface area contributed by atoms with Crippen LogP contribution in [-0.2, 0) is 4.79 Å². The molecule has 2 N–H and O–H groups in total. The maximum atomic E-state index is 11.8. The third-order valence-corrected chi connectivity index (χ3v) is 2.87. The van der Waals surface area contributed by atoms with Gasteiger partial charge in [0.05, 0.1) is 6.54 Å². The average Bonchev–Trinajstić information content (AvgIpc) is 2.59. The molecule has 1 aliphatic rings. The van der Waals surface area contributed by atoms with Crippen LogP contribution in [0.3, 0.4) is 0 Å². The van der Waals surface area contributed by atoms with Crippen molar-refractivity contribution in [3.63, 3.8) is 0 Å². The average molecular weight is 238 g/mol. The molecule has 0 unspecified atom stereocenters. The van der Waals surface area contributed by atoms with Crippen LogP contribution >= 0.6 is 0 Å². The van der Waals surface area contributed by atoms with E-state index in [0.717, 1.165) is 25.7 Å². The van der Waals surface area contributed by atoms with Gasteiger partial charge in [-0.15, -0.1) is 0 Å². The quantitative estimate of drug-likeness (QED) is 0.781. The second-order valence-corrected chi connectivity index (χ2v) is 4.51. The number of alkyl halides is 3. The number of hydrogen-bond donors (Lipinski definition) is 2. The van der Waals surface area contributed by atoms with Crippen LogP contribution in [0.2, 0.25) is 0 Å². The number of rotatable bonds is 4. The van der Waals surface area contributed by atoms with E-state index in [1.807, 2.05) is 12.2 Å². The standard InChI is InChI=1S/C10H17F3N2O/c1-9(4-2-3-5-9)15-6-8(16)14-7-10(11,12)13/h15H,2-7H2,1H3,(H,14,16). The Morgan fingerprint density at radius 1 is 1.31 bits per heavy atom. The van der Waals surface area contributed by atoms with Crippen molar-refractivity contribution in [1.29, 1.82) is 0 Å². The molecule has 0 atom stereocenters. The van der Waals surface area contributed by atoms with Gasteiger partial charge in [-0.2, -0.15) is 13.2 Å². The fourth-order valence-electron chi connectivity index (χ4n) is 1.89. The van der Waals surface area contributed by atoms with E-state index in [1.54, 1.807) is 0 Å². The van der Waals surface area contributed by atoms with Crippen molar-refractivity contribution in [2.45, 2.75) is 44.3 Å². The van der Waals surface area contributed by atoms with Crippen LogP contribution in [0, 0.1) is 0 Å². The molecule has 1 fully saturated rings. The van der Waals surface area contributed by atoms with Crippen LogP contribution in [0.25, 0.3) is 0 Å². The van der Waals surface area contributed by atoms with E-state index in [9.17, 15) is 18.0 Å². The summed E-state index contributed by atoms with van der Waals surface area (Å²) in [7, 11) is 0. The molecule has 94 valence electrons. The van der Waals surface area contributed by atoms with E-state index in [1.165, 1.54) is 0 Å². The van der Waals surface area contributed by atoms with Crippen LogP contribution in [0.1, 0.15) is 32.6 Å². The number of nitrogens with one attached hydrogen (secondary N) is 2. The van der Waals surface area contributed by atoms with E-state index in [0.29, 0.717) is 0 Å². The molecule has 1 amide bonds. The van der Waals surface area contributed by atoms with E-state index < -0.39 is 18.6 Å². The van der Waals surface area contributed by atoms with Crippen molar-refractivity contribution >= 4 is 5.91 Å². The maximum absolute atomic E-state index is 11.8. The van der Waals surface area contributed by atoms with Gasteiger partial charge in [-0.05, 0) is 19.8 Å². The lowest BCUT2D eigenvalue weighted by atomic mass is 10.0. The Bertz CT molecular complexity index is 247. The van der Waals surface area contributed by atoms with E-state index in [4.69, 9.17) is 0 Å². The minimum Gasteiger partial charge on any atom is -0.346 e. The number of hydrogen-bond acceptors (Lipinski definition) is 2. The molecule has 0 heterocycles. The lowest BCUT2D eigenvalue weighted by Gasteiger charge is -2.25. The van der Waals surface area contributed by atoms with E-state index in [-0.39, 0.29) is 12.1 Å². The summed E-state index contributed by atoms with van der Waals surface area (Å²) in [5, 5.41) is 4.85. The van der Waals surface area contributed by atoms with Gasteiger partial charge in [0.2, 0.25) is 5.91 Å². The van der Waals surface area contributed by atoms with Gasteiger partial charge in [-0.1, -0.05) is 12.8 Å². The summed E-state index contributed by atoms with van der Waals surface area (Å²) in [6.07, 6.45) is -0.187. The van der Waals surface area contributed by atoms with Gasteiger partial charge in [-0.3, -0.25) is 4.79 Å². The molecule has 0 aromatic heterocycles. The Kier molecular flexibility index (Phi) is 4.18. The predicted molar refractivity (Wildman–Crippen MR) is 53.9 cm³/mol. The van der Waals surface area contributed by atoms with Crippen molar-refractivity contribution in [2.24, 2.45) is 0 Å². The van der Waals surface area contributed by atoms with Gasteiger partial charge in [0.15, 0.2) is 0 Å². The molecule has 0 aromatic carbocycles. The van der Waals surface area contributed by atoms with Crippen LogP contribution in [0.15, 0.2) is 0 Å². The summed E-state index contributed by atoms with van der Waals surface area (Å²) in [4.78, 5) is 11.1. The highest BCUT2D eigenvalue weighted by Gasteiger charge is 2.30. The fraction of sp³-hybridized carbons (Fsp3) is 0.900. The first-order valence-electron chi connectivity index (χ1n) is 5.39. The Labute approximate surface area is 92.8 Å². The number of carbonyl (C=O) groups is 1. The van der Waals surface area contributed by atoms with Gasteiger partial charge in [-0.25, -0.2) is 0 Å². The highest BCUT2D eigenvalue weighted by atomic mass is 19.4. The Morgan fingerprint density at radius 3 is 2.38 bits per heavy atom. The Hall–Kier alpha value is -0.780. The van der Waals surface area contributed by atoms with Gasteiger partial charge >= 0.3 is 6.18 Å². The smallest absolute Gasteiger partial charge is 0.346 e. The second-order valence-electron chi connectivity index (χ2n) is 4.51. The van der Waals surface area contributed by atoms with Crippen LogP contribution in [0.5, 0.6) is 0 Å². The molecule has 0 spiro atoms. The number of halogens is 3. The van der Waals surface area contributed by atoms with Crippen molar-refractivity contribution in [3.05, 3.63) is 0 Å². The number of amides is 1. The summed E-state index contributed by atoms with van der Waals surface area (Å²) in [5.74, 6) is -0.606. The molecule has 1 aliphatic carbocycles. The lowest BCUT2D eigenvalue weighted by Crippen LogP contribution is -2.46. The zero-order valence-electron chi connectivity index (χ0n) is 9.28. The lowest BCUT2D eigenvalue weighted by molar-refractivity contribution is -0.138. The molecule has 0 bridgehead atoms. The zero-order valence-corrected chi connectivity index (χ0v) is 9.28. The molecule has 1 saturated carbocycles. The molecule has 0 radical (unpaired) electrons. The normalized spacial score (nSPS) is 19.8. The molecule has 0 saturated heterocycles. The summed E-state index contributed by atoms with van der Waals surface area (Å²) >= 11 is 0. The monoisotopic (exact) mass is 238 g/mol. The van der Waals surface area contributed by atoms with Gasteiger partial charge in [0, 0.05) is 5.54 Å². The molecule has 1 rings (SSSR count). The third kappa shape index (κ3) is 4.83. The van der Waals surface area contributed by atoms with E-state index in [2.05, 4.69) is 5.32 Å². The van der Waals surface area contributed by atoms with Crippen LogP contribution in [0.4, 0.5) is 13.2 Å². The largest absolute Gasteiger partial charge is 0.405 e. The summed E-state index contributed by atoms with van der Waals surface area (Å²) in [6, 6.07) is 0. The van der Waals surface area contributed by atoms with Gasteiger partial charge < -0.3 is 10.6 Å². The molecule has 0 aromatic rings. The molecular weight excluding hydrogens is 221 g/mol. The first-order chi connectivity index (χ1) is 7.31. The topological polar surface area (TPSA) is 41.1 Å². The maximum Gasteiger partial charge on any atom is 0.405 e. The van der Waals surface area contributed by atoms with Crippen molar-refractivity contribution in [2.75, 3.05) is 13.1 Å². The molecule has 0 aliphatic heterocycles. The minimum absolute atomic E-state index is 0.0490. The molecular formula is C10H17F3N2O. The van der Waals surface area contributed by atoms with Gasteiger partial charge in [0.25, 0.3) is 0 Å². The van der Waals surface area contributed by atoms with E-state index >= 15 is 0 Å². The summed E-state index contributed by atoms with van der Waals surface area (Å²) in [5.41, 5.74) is -0.0877.